The van der Waals surface area contributed by atoms with Gasteiger partial charge in [0.25, 0.3) is 0 Å². The van der Waals surface area contributed by atoms with E-state index < -0.39 is 0 Å². The highest BCUT2D eigenvalue weighted by molar-refractivity contribution is 5.94. The molecule has 0 bridgehead atoms. The number of nitrogens with one attached hydrogen (secondary N) is 1. The van der Waals surface area contributed by atoms with Crippen LogP contribution in [0.25, 0.3) is 0 Å². The number of para-hydroxylation sites is 2. The Labute approximate surface area is 149 Å². The van der Waals surface area contributed by atoms with Crippen LogP contribution in [0.4, 0.5) is 5.69 Å². The number of nitrogens with zero attached hydrogens (tertiary/aromatic N) is 1. The number of carbonyl (C=O) groups excluding carboxylic acids is 1. The Balaban J connectivity index is 1.51. The maximum Gasteiger partial charge on any atom is 0.227 e. The van der Waals surface area contributed by atoms with Crippen molar-refractivity contribution in [3.63, 3.8) is 0 Å². The molecule has 0 aliphatic carbocycles. The van der Waals surface area contributed by atoms with E-state index in [1.165, 1.54) is 11.1 Å². The van der Waals surface area contributed by atoms with Crippen LogP contribution >= 0.6 is 0 Å². The van der Waals surface area contributed by atoms with Gasteiger partial charge in [0.15, 0.2) is 0 Å². The van der Waals surface area contributed by atoms with Crippen LogP contribution in [-0.2, 0) is 11.3 Å². The van der Waals surface area contributed by atoms with Crippen molar-refractivity contribution in [1.82, 2.24) is 4.90 Å². The second-order valence-electron chi connectivity index (χ2n) is 6.73. The van der Waals surface area contributed by atoms with Crippen molar-refractivity contribution in [3.05, 3.63) is 59.7 Å². The number of piperidine rings is 1. The van der Waals surface area contributed by atoms with E-state index in [1.807, 2.05) is 24.3 Å². The van der Waals surface area contributed by atoms with Crippen LogP contribution < -0.4 is 10.1 Å². The van der Waals surface area contributed by atoms with Gasteiger partial charge in [0, 0.05) is 12.5 Å². The van der Waals surface area contributed by atoms with Crippen molar-refractivity contribution in [3.8, 4) is 5.75 Å². The normalized spacial score (nSPS) is 15.8. The monoisotopic (exact) mass is 338 g/mol. The molecular weight excluding hydrogens is 312 g/mol. The minimum atomic E-state index is 0.0687. The van der Waals surface area contributed by atoms with E-state index in [-0.39, 0.29) is 11.8 Å². The summed E-state index contributed by atoms with van der Waals surface area (Å²) in [6.07, 6.45) is 1.79. The first kappa shape index (κ1) is 17.5. The number of carbonyl (C=O) groups is 1. The third kappa shape index (κ3) is 4.60. The van der Waals surface area contributed by atoms with E-state index in [9.17, 15) is 4.79 Å². The van der Waals surface area contributed by atoms with Gasteiger partial charge in [-0.25, -0.2) is 0 Å². The predicted molar refractivity (Wildman–Crippen MR) is 101 cm³/mol. The number of hydrogen-bond acceptors (Lipinski definition) is 3. The molecule has 1 aliphatic rings. The first-order valence-corrected chi connectivity index (χ1v) is 8.87. The molecule has 25 heavy (non-hydrogen) atoms. The molecule has 2 aromatic rings. The zero-order chi connectivity index (χ0) is 17.6. The zero-order valence-electron chi connectivity index (χ0n) is 15.0. The van der Waals surface area contributed by atoms with Crippen molar-refractivity contribution in [2.24, 2.45) is 5.92 Å². The summed E-state index contributed by atoms with van der Waals surface area (Å²) in [4.78, 5) is 15.0. The molecule has 132 valence electrons. The first-order valence-electron chi connectivity index (χ1n) is 8.87. The van der Waals surface area contributed by atoms with E-state index >= 15 is 0 Å². The highest BCUT2D eigenvalue weighted by atomic mass is 16.5. The molecule has 1 saturated heterocycles. The van der Waals surface area contributed by atoms with Crippen LogP contribution in [0.1, 0.15) is 24.0 Å². The van der Waals surface area contributed by atoms with Gasteiger partial charge < -0.3 is 10.1 Å². The van der Waals surface area contributed by atoms with E-state index in [4.69, 9.17) is 4.74 Å². The summed E-state index contributed by atoms with van der Waals surface area (Å²) in [6.45, 7) is 4.98. The summed E-state index contributed by atoms with van der Waals surface area (Å²) in [5, 5.41) is 3.02. The molecule has 1 fully saturated rings. The molecule has 2 aromatic carbocycles. The number of anilines is 1. The number of ether oxygens (including phenoxy) is 1. The molecule has 1 aliphatic heterocycles. The van der Waals surface area contributed by atoms with E-state index in [1.54, 1.807) is 7.11 Å². The summed E-state index contributed by atoms with van der Waals surface area (Å²) in [5.74, 6) is 0.867. The molecule has 4 heteroatoms. The fourth-order valence-electron chi connectivity index (χ4n) is 3.29. The quantitative estimate of drug-likeness (QED) is 0.900. The van der Waals surface area contributed by atoms with Gasteiger partial charge in [-0.2, -0.15) is 0 Å². The number of hydrogen-bond donors (Lipinski definition) is 1. The Kier molecular flexibility index (Phi) is 5.71. The van der Waals surface area contributed by atoms with Crippen molar-refractivity contribution < 1.29 is 9.53 Å². The van der Waals surface area contributed by atoms with E-state index in [0.717, 1.165) is 38.2 Å². The Morgan fingerprint density at radius 3 is 2.48 bits per heavy atom. The van der Waals surface area contributed by atoms with Gasteiger partial charge in [-0.3, -0.25) is 9.69 Å². The third-order valence-corrected chi connectivity index (χ3v) is 4.85. The van der Waals surface area contributed by atoms with Gasteiger partial charge in [-0.05, 0) is 50.6 Å². The lowest BCUT2D eigenvalue weighted by Gasteiger charge is -2.31. The largest absolute Gasteiger partial charge is 0.495 e. The number of likely N-dealkylation sites (tertiary alicyclic amines) is 1. The summed E-state index contributed by atoms with van der Waals surface area (Å²) in [6, 6.07) is 16.2. The minimum absolute atomic E-state index is 0.0687. The molecule has 1 heterocycles. The molecule has 0 radical (unpaired) electrons. The van der Waals surface area contributed by atoms with Crippen LogP contribution in [0, 0.1) is 12.8 Å². The summed E-state index contributed by atoms with van der Waals surface area (Å²) in [7, 11) is 1.62. The second-order valence-corrected chi connectivity index (χ2v) is 6.73. The van der Waals surface area contributed by atoms with Gasteiger partial charge in [-0.15, -0.1) is 0 Å². The Hall–Kier alpha value is -2.33. The van der Waals surface area contributed by atoms with Crippen LogP contribution in [0.15, 0.2) is 48.5 Å². The fraction of sp³-hybridized carbons (Fsp3) is 0.381. The van der Waals surface area contributed by atoms with Crippen LogP contribution in [0.5, 0.6) is 5.75 Å². The van der Waals surface area contributed by atoms with Crippen LogP contribution in [0.3, 0.4) is 0 Å². The maximum atomic E-state index is 12.6. The van der Waals surface area contributed by atoms with Crippen molar-refractivity contribution in [2.45, 2.75) is 26.3 Å². The molecule has 0 unspecified atom stereocenters. The zero-order valence-corrected chi connectivity index (χ0v) is 15.0. The van der Waals surface area contributed by atoms with Crippen molar-refractivity contribution >= 4 is 11.6 Å². The molecule has 1 N–H and O–H groups in total. The molecule has 1 amide bonds. The number of amides is 1. The topological polar surface area (TPSA) is 41.6 Å². The van der Waals surface area contributed by atoms with Crippen molar-refractivity contribution in [2.75, 3.05) is 25.5 Å². The smallest absolute Gasteiger partial charge is 0.227 e. The average molecular weight is 338 g/mol. The fourth-order valence-corrected chi connectivity index (χ4v) is 3.29. The van der Waals surface area contributed by atoms with Crippen LogP contribution in [-0.4, -0.2) is 31.0 Å². The summed E-state index contributed by atoms with van der Waals surface area (Å²) < 4.78 is 5.30. The Morgan fingerprint density at radius 2 is 1.80 bits per heavy atom. The predicted octanol–water partition coefficient (Wildman–Crippen LogP) is 3.85. The summed E-state index contributed by atoms with van der Waals surface area (Å²) in [5.41, 5.74) is 3.37. The standard InChI is InChI=1S/C21H26N2O2/c1-16-7-9-17(10-8-16)15-23-13-11-18(12-14-23)21(24)22-19-5-3-4-6-20(19)25-2/h3-10,18H,11-15H2,1-2H3,(H,22,24). The molecule has 0 spiro atoms. The minimum Gasteiger partial charge on any atom is -0.495 e. The number of benzene rings is 2. The molecule has 0 aromatic heterocycles. The number of rotatable bonds is 5. The van der Waals surface area contributed by atoms with Gasteiger partial charge in [-0.1, -0.05) is 42.0 Å². The Bertz CT molecular complexity index is 704. The summed E-state index contributed by atoms with van der Waals surface area (Å²) >= 11 is 0. The van der Waals surface area contributed by atoms with E-state index in [2.05, 4.69) is 41.4 Å². The molecule has 0 atom stereocenters. The van der Waals surface area contributed by atoms with Gasteiger partial charge in [0.1, 0.15) is 5.75 Å². The van der Waals surface area contributed by atoms with Crippen molar-refractivity contribution in [1.29, 1.82) is 0 Å². The number of methoxy groups -OCH3 is 1. The highest BCUT2D eigenvalue weighted by Crippen LogP contribution is 2.26. The first-order chi connectivity index (χ1) is 12.2. The van der Waals surface area contributed by atoms with E-state index in [0.29, 0.717) is 5.75 Å². The van der Waals surface area contributed by atoms with Gasteiger partial charge in [0.05, 0.1) is 12.8 Å². The second kappa shape index (κ2) is 8.17. The molecule has 3 rings (SSSR count). The van der Waals surface area contributed by atoms with Gasteiger partial charge >= 0.3 is 0 Å². The molecular formula is C21H26N2O2. The highest BCUT2D eigenvalue weighted by Gasteiger charge is 2.25. The average Bonchev–Trinajstić information content (AvgIpc) is 2.64. The lowest BCUT2D eigenvalue weighted by atomic mass is 9.95. The Morgan fingerprint density at radius 1 is 1.12 bits per heavy atom. The molecule has 0 saturated carbocycles. The lowest BCUT2D eigenvalue weighted by Crippen LogP contribution is -2.37. The SMILES string of the molecule is COc1ccccc1NC(=O)C1CCN(Cc2ccc(C)cc2)CC1. The lowest BCUT2D eigenvalue weighted by molar-refractivity contribution is -0.121. The number of aryl methyl sites for hydroxylation is 1. The third-order valence-electron chi connectivity index (χ3n) is 4.85. The molecule has 4 nitrogen and oxygen atoms in total. The maximum absolute atomic E-state index is 12.6. The van der Waals surface area contributed by atoms with Crippen LogP contribution in [0.2, 0.25) is 0 Å². The van der Waals surface area contributed by atoms with Gasteiger partial charge in [0.2, 0.25) is 5.91 Å².